The van der Waals surface area contributed by atoms with Crippen LogP contribution in [0.1, 0.15) is 29.6 Å². The quantitative estimate of drug-likeness (QED) is 0.902. The van der Waals surface area contributed by atoms with Gasteiger partial charge in [0.1, 0.15) is 11.5 Å². The van der Waals surface area contributed by atoms with E-state index in [1.54, 1.807) is 19.1 Å². The number of aliphatic carboxylic acids is 1. The number of rotatable bonds is 3. The molecule has 3 heterocycles. The van der Waals surface area contributed by atoms with Crippen molar-refractivity contribution in [2.75, 3.05) is 13.1 Å². The first kappa shape index (κ1) is 14.4. The molecule has 1 aliphatic heterocycles. The van der Waals surface area contributed by atoms with Gasteiger partial charge in [0.2, 0.25) is 0 Å². The molecule has 0 radical (unpaired) electrons. The molecule has 1 fully saturated rings. The first-order valence-electron chi connectivity index (χ1n) is 7.04. The second kappa shape index (κ2) is 5.01. The number of furan rings is 1. The van der Waals surface area contributed by atoms with E-state index in [-0.39, 0.29) is 18.1 Å². The lowest BCUT2D eigenvalue weighted by molar-refractivity contribution is -0.147. The number of nitrogens with zero attached hydrogens (tertiary/aromatic N) is 2. The standard InChI is InChI=1S/C15H17N3O4/c1-9-3-4-12(22-9)10-7-11(17-16-10)13(19)18-6-5-15(2,8-18)14(20)21/h3-4,7H,5-6,8H2,1-2H3,(H,16,17)(H,20,21). The van der Waals surface area contributed by atoms with E-state index in [1.807, 2.05) is 13.0 Å². The van der Waals surface area contributed by atoms with Gasteiger partial charge >= 0.3 is 5.97 Å². The zero-order valence-corrected chi connectivity index (χ0v) is 12.4. The maximum Gasteiger partial charge on any atom is 0.311 e. The molecule has 7 heteroatoms. The van der Waals surface area contributed by atoms with Crippen molar-refractivity contribution < 1.29 is 19.1 Å². The van der Waals surface area contributed by atoms with E-state index in [4.69, 9.17) is 4.42 Å². The normalized spacial score (nSPS) is 21.3. The average Bonchev–Trinajstić information content (AvgIpc) is 3.17. The Hall–Kier alpha value is -2.57. The van der Waals surface area contributed by atoms with Crippen LogP contribution in [0.15, 0.2) is 22.6 Å². The van der Waals surface area contributed by atoms with Gasteiger partial charge in [0, 0.05) is 19.2 Å². The van der Waals surface area contributed by atoms with Crippen LogP contribution in [0.5, 0.6) is 0 Å². The van der Waals surface area contributed by atoms with Crippen molar-refractivity contribution in [1.82, 2.24) is 15.1 Å². The second-order valence-electron chi connectivity index (χ2n) is 5.92. The smallest absolute Gasteiger partial charge is 0.311 e. The molecule has 0 saturated carbocycles. The Kier molecular flexibility index (Phi) is 3.27. The molecule has 1 unspecified atom stereocenters. The number of hydrogen-bond acceptors (Lipinski definition) is 4. The Bertz CT molecular complexity index is 733. The summed E-state index contributed by atoms with van der Waals surface area (Å²) >= 11 is 0. The molecule has 2 aromatic rings. The fourth-order valence-electron chi connectivity index (χ4n) is 2.61. The summed E-state index contributed by atoms with van der Waals surface area (Å²) in [4.78, 5) is 25.2. The largest absolute Gasteiger partial charge is 0.481 e. The van der Waals surface area contributed by atoms with E-state index in [1.165, 1.54) is 4.90 Å². The van der Waals surface area contributed by atoms with Gasteiger partial charge in [-0.05, 0) is 32.4 Å². The summed E-state index contributed by atoms with van der Waals surface area (Å²) in [5.74, 6) is 0.238. The van der Waals surface area contributed by atoms with Crippen LogP contribution < -0.4 is 0 Å². The minimum atomic E-state index is -0.882. The van der Waals surface area contributed by atoms with E-state index in [9.17, 15) is 14.7 Å². The number of aromatic amines is 1. The summed E-state index contributed by atoms with van der Waals surface area (Å²) < 4.78 is 5.48. The maximum absolute atomic E-state index is 12.4. The highest BCUT2D eigenvalue weighted by Gasteiger charge is 2.42. The van der Waals surface area contributed by atoms with Gasteiger partial charge in [-0.25, -0.2) is 0 Å². The van der Waals surface area contributed by atoms with Gasteiger partial charge in [-0.2, -0.15) is 5.10 Å². The number of H-pyrrole nitrogens is 1. The Morgan fingerprint density at radius 2 is 2.23 bits per heavy atom. The van der Waals surface area contributed by atoms with Gasteiger partial charge in [0.25, 0.3) is 5.91 Å². The lowest BCUT2D eigenvalue weighted by atomic mass is 9.90. The van der Waals surface area contributed by atoms with Crippen molar-refractivity contribution in [2.24, 2.45) is 5.41 Å². The van der Waals surface area contributed by atoms with Crippen molar-refractivity contribution in [2.45, 2.75) is 20.3 Å². The maximum atomic E-state index is 12.4. The molecule has 22 heavy (non-hydrogen) atoms. The van der Waals surface area contributed by atoms with Gasteiger partial charge < -0.3 is 14.4 Å². The Labute approximate surface area is 126 Å². The summed E-state index contributed by atoms with van der Waals surface area (Å²) in [5, 5.41) is 16.0. The topological polar surface area (TPSA) is 99.4 Å². The molecule has 1 saturated heterocycles. The number of carboxylic acids is 1. The average molecular weight is 303 g/mol. The Morgan fingerprint density at radius 3 is 2.82 bits per heavy atom. The zero-order valence-electron chi connectivity index (χ0n) is 12.4. The number of carbonyl (C=O) groups excluding carboxylic acids is 1. The van der Waals surface area contributed by atoms with E-state index in [0.29, 0.717) is 24.4 Å². The zero-order chi connectivity index (χ0) is 15.9. The van der Waals surface area contributed by atoms with E-state index in [0.717, 1.165) is 5.76 Å². The molecule has 0 spiro atoms. The van der Waals surface area contributed by atoms with Crippen LogP contribution in [0.4, 0.5) is 0 Å². The van der Waals surface area contributed by atoms with Crippen molar-refractivity contribution in [3.8, 4) is 11.5 Å². The Morgan fingerprint density at radius 1 is 1.45 bits per heavy atom. The molecule has 2 N–H and O–H groups in total. The summed E-state index contributed by atoms with van der Waals surface area (Å²) in [6.07, 6.45) is 0.447. The van der Waals surface area contributed by atoms with E-state index < -0.39 is 11.4 Å². The number of aryl methyl sites for hydroxylation is 1. The number of nitrogens with one attached hydrogen (secondary N) is 1. The van der Waals surface area contributed by atoms with Crippen LogP contribution in [0.25, 0.3) is 11.5 Å². The minimum Gasteiger partial charge on any atom is -0.481 e. The van der Waals surface area contributed by atoms with E-state index in [2.05, 4.69) is 10.2 Å². The SMILES string of the molecule is Cc1ccc(-c2cc(C(=O)N3CCC(C)(C(=O)O)C3)n[nH]2)o1. The molecule has 1 amide bonds. The summed E-state index contributed by atoms with van der Waals surface area (Å²) in [7, 11) is 0. The molecule has 0 aromatic carbocycles. The number of aromatic nitrogens is 2. The van der Waals surface area contributed by atoms with Crippen LogP contribution in [0.2, 0.25) is 0 Å². The third kappa shape index (κ3) is 2.38. The fraction of sp³-hybridized carbons (Fsp3) is 0.400. The van der Waals surface area contributed by atoms with Crippen molar-refractivity contribution in [1.29, 1.82) is 0 Å². The van der Waals surface area contributed by atoms with Gasteiger partial charge in [-0.3, -0.25) is 14.7 Å². The number of likely N-dealkylation sites (tertiary alicyclic amines) is 1. The highest BCUT2D eigenvalue weighted by atomic mass is 16.4. The highest BCUT2D eigenvalue weighted by Crippen LogP contribution is 2.31. The van der Waals surface area contributed by atoms with Crippen LogP contribution in [0, 0.1) is 12.3 Å². The molecule has 116 valence electrons. The molecule has 7 nitrogen and oxygen atoms in total. The third-order valence-electron chi connectivity index (χ3n) is 4.08. The number of carboxylic acid groups (broad SMARTS) is 1. The number of amides is 1. The third-order valence-corrected chi connectivity index (χ3v) is 4.08. The van der Waals surface area contributed by atoms with Crippen LogP contribution in [0.3, 0.4) is 0 Å². The summed E-state index contributed by atoms with van der Waals surface area (Å²) in [6, 6.07) is 5.25. The lowest BCUT2D eigenvalue weighted by Gasteiger charge is -2.19. The van der Waals surface area contributed by atoms with Crippen molar-refractivity contribution in [3.05, 3.63) is 29.7 Å². The summed E-state index contributed by atoms with van der Waals surface area (Å²) in [5.41, 5.74) is 0.00255. The van der Waals surface area contributed by atoms with Crippen molar-refractivity contribution in [3.63, 3.8) is 0 Å². The molecule has 3 rings (SSSR count). The monoisotopic (exact) mass is 303 g/mol. The van der Waals surface area contributed by atoms with Crippen molar-refractivity contribution >= 4 is 11.9 Å². The lowest BCUT2D eigenvalue weighted by Crippen LogP contribution is -2.35. The highest BCUT2D eigenvalue weighted by molar-refractivity contribution is 5.94. The number of hydrogen-bond donors (Lipinski definition) is 2. The molecule has 0 aliphatic carbocycles. The number of carbonyl (C=O) groups is 2. The first-order chi connectivity index (χ1) is 10.4. The molecular weight excluding hydrogens is 286 g/mol. The predicted octanol–water partition coefficient (Wildman–Crippen LogP) is 1.91. The van der Waals surface area contributed by atoms with Gasteiger partial charge in [-0.1, -0.05) is 0 Å². The minimum absolute atomic E-state index is 0.198. The first-order valence-corrected chi connectivity index (χ1v) is 7.04. The molecule has 1 atom stereocenters. The van der Waals surface area contributed by atoms with Gasteiger partial charge in [0.05, 0.1) is 5.41 Å². The Balaban J connectivity index is 1.77. The van der Waals surface area contributed by atoms with Crippen LogP contribution in [-0.2, 0) is 4.79 Å². The predicted molar refractivity (Wildman–Crippen MR) is 77.3 cm³/mol. The molecule has 1 aliphatic rings. The van der Waals surface area contributed by atoms with Gasteiger partial charge in [0.15, 0.2) is 11.5 Å². The molecule has 2 aromatic heterocycles. The van der Waals surface area contributed by atoms with Crippen LogP contribution in [-0.4, -0.2) is 45.2 Å². The van der Waals surface area contributed by atoms with Crippen LogP contribution >= 0.6 is 0 Å². The fourth-order valence-corrected chi connectivity index (χ4v) is 2.61. The molecular formula is C15H17N3O4. The van der Waals surface area contributed by atoms with Gasteiger partial charge in [-0.15, -0.1) is 0 Å². The summed E-state index contributed by atoms with van der Waals surface area (Å²) in [6.45, 7) is 4.11. The second-order valence-corrected chi connectivity index (χ2v) is 5.92. The molecule has 0 bridgehead atoms. The van der Waals surface area contributed by atoms with E-state index >= 15 is 0 Å².